The number of hydrogen-bond donors (Lipinski definition) is 1. The Morgan fingerprint density at radius 2 is 1.96 bits per heavy atom. The van der Waals surface area contributed by atoms with E-state index in [4.69, 9.17) is 0 Å². The molecule has 3 rings (SSSR count). The van der Waals surface area contributed by atoms with Gasteiger partial charge in [-0.05, 0) is 19.9 Å². The van der Waals surface area contributed by atoms with Gasteiger partial charge in [-0.1, -0.05) is 0 Å². The number of nitrogens with zero attached hydrogens (tertiary/aromatic N) is 5. The lowest BCUT2D eigenvalue weighted by molar-refractivity contribution is -0.141. The number of amides is 1. The fraction of sp³-hybridized carbons (Fsp3) is 0.706. The van der Waals surface area contributed by atoms with Crippen LogP contribution in [0.1, 0.15) is 25.0 Å². The van der Waals surface area contributed by atoms with Crippen molar-refractivity contribution in [3.05, 3.63) is 11.8 Å². The summed E-state index contributed by atoms with van der Waals surface area (Å²) in [7, 11) is 5.25. The Kier molecular flexibility index (Phi) is 5.20. The molecule has 0 aromatic carbocycles. The van der Waals surface area contributed by atoms with Gasteiger partial charge in [0.15, 0.2) is 5.69 Å². The molecule has 150 valence electrons. The van der Waals surface area contributed by atoms with Crippen LogP contribution in [0.15, 0.2) is 6.07 Å². The van der Waals surface area contributed by atoms with Crippen molar-refractivity contribution >= 4 is 17.7 Å². The Balaban J connectivity index is 1.93. The molecule has 1 aromatic heterocycles. The normalized spacial score (nSPS) is 24.7. The molecule has 3 heterocycles. The third kappa shape index (κ3) is 4.10. The van der Waals surface area contributed by atoms with Gasteiger partial charge in [-0.2, -0.15) is 18.2 Å². The fourth-order valence-electron chi connectivity index (χ4n) is 3.72. The van der Waals surface area contributed by atoms with E-state index in [0.717, 1.165) is 12.5 Å². The molecule has 7 nitrogen and oxygen atoms in total. The number of carbonyl (C=O) groups excluding carboxylic acids is 1. The SMILES string of the molecule is CN(C)c1nc(N2CCN(C)[C@@]3(CCNC(=O)CC3)C2)cc(C(F)(F)F)n1. The average Bonchev–Trinajstić information content (AvgIpc) is 2.79. The van der Waals surface area contributed by atoms with Gasteiger partial charge in [0.1, 0.15) is 5.82 Å². The third-order valence-corrected chi connectivity index (χ3v) is 5.45. The minimum atomic E-state index is -4.54. The molecule has 2 fully saturated rings. The summed E-state index contributed by atoms with van der Waals surface area (Å²) in [6.45, 7) is 2.36. The summed E-state index contributed by atoms with van der Waals surface area (Å²) in [6, 6.07) is 1.02. The molecule has 0 bridgehead atoms. The van der Waals surface area contributed by atoms with Crippen LogP contribution in [0, 0.1) is 0 Å². The monoisotopic (exact) mass is 386 g/mol. The molecule has 1 spiro atoms. The minimum Gasteiger partial charge on any atom is -0.356 e. The Morgan fingerprint density at radius 1 is 1.22 bits per heavy atom. The summed E-state index contributed by atoms with van der Waals surface area (Å²) in [6.07, 6.45) is -2.70. The molecule has 10 heteroatoms. The molecule has 0 unspecified atom stereocenters. The van der Waals surface area contributed by atoms with E-state index in [1.165, 1.54) is 4.90 Å². The standard InChI is InChI=1S/C17H25F3N6O/c1-24(2)15-22-12(17(18,19)20)10-13(23-15)26-9-8-25(3)16(11-26)5-4-14(27)21-7-6-16/h10H,4-9,11H2,1-3H3,(H,21,27)/t16-/m0/s1. The van der Waals surface area contributed by atoms with Crippen molar-refractivity contribution in [1.82, 2.24) is 20.2 Å². The first-order valence-corrected chi connectivity index (χ1v) is 8.97. The molecule has 0 aliphatic carbocycles. The van der Waals surface area contributed by atoms with Crippen molar-refractivity contribution < 1.29 is 18.0 Å². The summed E-state index contributed by atoms with van der Waals surface area (Å²) < 4.78 is 39.9. The Labute approximate surface area is 156 Å². The maximum atomic E-state index is 13.3. The van der Waals surface area contributed by atoms with Crippen molar-refractivity contribution in [3.63, 3.8) is 0 Å². The number of hydrogen-bond acceptors (Lipinski definition) is 6. The van der Waals surface area contributed by atoms with Gasteiger partial charge in [-0.25, -0.2) is 4.98 Å². The highest BCUT2D eigenvalue weighted by molar-refractivity contribution is 5.76. The van der Waals surface area contributed by atoms with Crippen molar-refractivity contribution in [2.24, 2.45) is 0 Å². The van der Waals surface area contributed by atoms with E-state index < -0.39 is 11.9 Å². The van der Waals surface area contributed by atoms with E-state index in [2.05, 4.69) is 20.2 Å². The van der Waals surface area contributed by atoms with E-state index in [0.29, 0.717) is 39.0 Å². The number of halogens is 3. The zero-order chi connectivity index (χ0) is 19.8. The number of carbonyl (C=O) groups is 1. The number of anilines is 2. The van der Waals surface area contributed by atoms with Gasteiger partial charge >= 0.3 is 6.18 Å². The lowest BCUT2D eigenvalue weighted by atomic mass is 9.86. The van der Waals surface area contributed by atoms with Gasteiger partial charge in [0, 0.05) is 58.3 Å². The molecule has 27 heavy (non-hydrogen) atoms. The van der Waals surface area contributed by atoms with Gasteiger partial charge in [-0.3, -0.25) is 9.69 Å². The van der Waals surface area contributed by atoms with Crippen molar-refractivity contribution in [2.45, 2.75) is 31.0 Å². The van der Waals surface area contributed by atoms with Crippen molar-refractivity contribution in [1.29, 1.82) is 0 Å². The lowest BCUT2D eigenvalue weighted by Gasteiger charge is -2.49. The Morgan fingerprint density at radius 3 is 2.63 bits per heavy atom. The molecular weight excluding hydrogens is 361 g/mol. The highest BCUT2D eigenvalue weighted by Gasteiger charge is 2.42. The second-order valence-corrected chi connectivity index (χ2v) is 7.47. The number of aromatic nitrogens is 2. The molecule has 1 amide bonds. The number of nitrogens with one attached hydrogen (secondary N) is 1. The molecule has 0 saturated carbocycles. The highest BCUT2D eigenvalue weighted by Crippen LogP contribution is 2.35. The van der Waals surface area contributed by atoms with Crippen LogP contribution in [0.2, 0.25) is 0 Å². The first-order chi connectivity index (χ1) is 12.6. The van der Waals surface area contributed by atoms with E-state index in [1.54, 1.807) is 14.1 Å². The van der Waals surface area contributed by atoms with Crippen LogP contribution < -0.4 is 15.1 Å². The smallest absolute Gasteiger partial charge is 0.356 e. The average molecular weight is 386 g/mol. The maximum absolute atomic E-state index is 13.3. The summed E-state index contributed by atoms with van der Waals surface area (Å²) in [5, 5.41) is 2.88. The van der Waals surface area contributed by atoms with Crippen LogP contribution in [-0.4, -0.2) is 73.6 Å². The van der Waals surface area contributed by atoms with Crippen molar-refractivity contribution in [2.75, 3.05) is 57.1 Å². The van der Waals surface area contributed by atoms with Crippen LogP contribution in [0.4, 0.5) is 24.9 Å². The molecule has 2 aliphatic heterocycles. The fourth-order valence-corrected chi connectivity index (χ4v) is 3.72. The number of likely N-dealkylation sites (N-methyl/N-ethyl adjacent to an activating group) is 1. The molecule has 2 aliphatic rings. The third-order valence-electron chi connectivity index (χ3n) is 5.45. The van der Waals surface area contributed by atoms with Gasteiger partial charge in [0.25, 0.3) is 0 Å². The number of piperazine rings is 1. The lowest BCUT2D eigenvalue weighted by Crippen LogP contribution is -2.61. The molecule has 1 aromatic rings. The van der Waals surface area contributed by atoms with Crippen LogP contribution >= 0.6 is 0 Å². The molecule has 2 saturated heterocycles. The van der Waals surface area contributed by atoms with Crippen LogP contribution in [0.3, 0.4) is 0 Å². The minimum absolute atomic E-state index is 0.0219. The zero-order valence-electron chi connectivity index (χ0n) is 15.8. The van der Waals surface area contributed by atoms with Gasteiger partial charge < -0.3 is 15.1 Å². The Bertz CT molecular complexity index is 710. The second-order valence-electron chi connectivity index (χ2n) is 7.47. The maximum Gasteiger partial charge on any atom is 0.433 e. The quantitative estimate of drug-likeness (QED) is 0.828. The van der Waals surface area contributed by atoms with Crippen LogP contribution in [-0.2, 0) is 11.0 Å². The first-order valence-electron chi connectivity index (χ1n) is 8.97. The topological polar surface area (TPSA) is 64.6 Å². The van der Waals surface area contributed by atoms with E-state index in [1.807, 2.05) is 11.9 Å². The molecule has 0 radical (unpaired) electrons. The summed E-state index contributed by atoms with van der Waals surface area (Å²) in [4.78, 5) is 25.3. The first kappa shape index (κ1) is 19.7. The predicted molar refractivity (Wildman–Crippen MR) is 95.8 cm³/mol. The molecule has 1 atom stereocenters. The van der Waals surface area contributed by atoms with Crippen molar-refractivity contribution in [3.8, 4) is 0 Å². The van der Waals surface area contributed by atoms with Gasteiger partial charge in [-0.15, -0.1) is 0 Å². The Hall–Kier alpha value is -2.10. The highest BCUT2D eigenvalue weighted by atomic mass is 19.4. The van der Waals surface area contributed by atoms with Crippen LogP contribution in [0.25, 0.3) is 0 Å². The summed E-state index contributed by atoms with van der Waals surface area (Å²) in [5.74, 6) is 0.330. The zero-order valence-corrected chi connectivity index (χ0v) is 15.8. The number of rotatable bonds is 2. The molecular formula is C17H25F3N6O. The second kappa shape index (κ2) is 7.14. The molecule has 1 N–H and O–H groups in total. The summed E-state index contributed by atoms with van der Waals surface area (Å²) >= 11 is 0. The van der Waals surface area contributed by atoms with E-state index in [-0.39, 0.29) is 23.2 Å². The van der Waals surface area contributed by atoms with Crippen LogP contribution in [0.5, 0.6) is 0 Å². The van der Waals surface area contributed by atoms with Gasteiger partial charge in [0.05, 0.1) is 0 Å². The van der Waals surface area contributed by atoms with E-state index in [9.17, 15) is 18.0 Å². The largest absolute Gasteiger partial charge is 0.433 e. The van der Waals surface area contributed by atoms with E-state index >= 15 is 0 Å². The van der Waals surface area contributed by atoms with Gasteiger partial charge in [0.2, 0.25) is 11.9 Å². The predicted octanol–water partition coefficient (Wildman–Crippen LogP) is 1.35. The number of alkyl halides is 3. The summed E-state index contributed by atoms with van der Waals surface area (Å²) in [5.41, 5.74) is -1.21.